The number of aryl methyl sites for hydroxylation is 1. The largest absolute Gasteiger partial charge is 0.507 e. The topological polar surface area (TPSA) is 93.1 Å². The van der Waals surface area contributed by atoms with Crippen LogP contribution in [-0.4, -0.2) is 36.0 Å². The number of aliphatic hydroxyl groups is 1. The number of methoxy groups -OCH3 is 1. The molecule has 5 rings (SSSR count). The maximum atomic E-state index is 13.4. The highest BCUT2D eigenvalue weighted by molar-refractivity contribution is 6.51. The second-order valence-electron chi connectivity index (χ2n) is 9.46. The summed E-state index contributed by atoms with van der Waals surface area (Å²) in [7, 11) is 1.33. The lowest BCUT2D eigenvalue weighted by molar-refractivity contribution is -0.139. The summed E-state index contributed by atoms with van der Waals surface area (Å²) in [5, 5.41) is 11.4. The minimum Gasteiger partial charge on any atom is -0.507 e. The lowest BCUT2D eigenvalue weighted by Crippen LogP contribution is -2.29. The van der Waals surface area contributed by atoms with Crippen LogP contribution >= 0.6 is 0 Å². The molecule has 2 aliphatic heterocycles. The molecule has 0 bridgehead atoms. The zero-order valence-corrected chi connectivity index (χ0v) is 20.9. The van der Waals surface area contributed by atoms with Crippen molar-refractivity contribution < 1.29 is 29.0 Å². The summed E-state index contributed by atoms with van der Waals surface area (Å²) < 4.78 is 10.5. The van der Waals surface area contributed by atoms with Crippen molar-refractivity contribution in [2.45, 2.75) is 38.8 Å². The Labute approximate surface area is 214 Å². The minimum atomic E-state index is -0.824. The summed E-state index contributed by atoms with van der Waals surface area (Å²) in [6, 6.07) is 18.8. The average molecular weight is 498 g/mol. The van der Waals surface area contributed by atoms with Gasteiger partial charge in [-0.05, 0) is 60.9 Å². The standard InChI is InChI=1S/C30H27NO6/c1-17-5-4-6-20(13-17)27-26(28(33)21-9-12-24-22(16-21)14-18(2)37-24)29(34)30(35)31(27)23-10-7-19(8-11-23)15-25(32)36-3/h4-13,16,18,27,33H,14-15H2,1-3H3/b28-26-. The Morgan fingerprint density at radius 1 is 1.08 bits per heavy atom. The smallest absolute Gasteiger partial charge is 0.309 e. The van der Waals surface area contributed by atoms with E-state index in [9.17, 15) is 19.5 Å². The summed E-state index contributed by atoms with van der Waals surface area (Å²) in [6.07, 6.45) is 0.828. The molecule has 2 heterocycles. The Kier molecular flexibility index (Phi) is 6.29. The first-order valence-electron chi connectivity index (χ1n) is 12.1. The Hall–Kier alpha value is -4.39. The molecular formula is C30H27NO6. The van der Waals surface area contributed by atoms with Gasteiger partial charge in [0.2, 0.25) is 0 Å². The molecule has 1 N–H and O–H groups in total. The molecule has 1 amide bonds. The lowest BCUT2D eigenvalue weighted by Gasteiger charge is -2.26. The van der Waals surface area contributed by atoms with Gasteiger partial charge in [-0.1, -0.05) is 42.0 Å². The van der Waals surface area contributed by atoms with Gasteiger partial charge in [0.15, 0.2) is 0 Å². The van der Waals surface area contributed by atoms with Gasteiger partial charge in [0, 0.05) is 17.7 Å². The van der Waals surface area contributed by atoms with Gasteiger partial charge in [0.05, 0.1) is 25.1 Å². The number of ether oxygens (including phenoxy) is 2. The molecule has 0 radical (unpaired) electrons. The van der Waals surface area contributed by atoms with Crippen molar-refractivity contribution in [2.75, 3.05) is 12.0 Å². The lowest BCUT2D eigenvalue weighted by atomic mass is 9.93. The Balaban J connectivity index is 1.62. The fourth-order valence-electron chi connectivity index (χ4n) is 4.99. The molecule has 188 valence electrons. The van der Waals surface area contributed by atoms with Crippen molar-refractivity contribution in [1.82, 2.24) is 0 Å². The first kappa shape index (κ1) is 24.3. The van der Waals surface area contributed by atoms with Crippen LogP contribution in [0.1, 0.15) is 40.8 Å². The van der Waals surface area contributed by atoms with Crippen molar-refractivity contribution >= 4 is 29.1 Å². The van der Waals surface area contributed by atoms with Crippen molar-refractivity contribution in [3.8, 4) is 5.75 Å². The summed E-state index contributed by atoms with van der Waals surface area (Å²) in [5.74, 6) is -1.33. The quantitative estimate of drug-likeness (QED) is 0.239. The number of carbonyl (C=O) groups is 3. The molecule has 1 saturated heterocycles. The monoisotopic (exact) mass is 497 g/mol. The molecule has 0 spiro atoms. The highest BCUT2D eigenvalue weighted by Gasteiger charge is 2.47. The molecule has 2 unspecified atom stereocenters. The number of esters is 1. The van der Waals surface area contributed by atoms with E-state index in [2.05, 4.69) is 0 Å². The Morgan fingerprint density at radius 3 is 2.54 bits per heavy atom. The highest BCUT2D eigenvalue weighted by Crippen LogP contribution is 2.43. The van der Waals surface area contributed by atoms with E-state index in [0.29, 0.717) is 28.8 Å². The van der Waals surface area contributed by atoms with Gasteiger partial charge >= 0.3 is 5.97 Å². The van der Waals surface area contributed by atoms with Gasteiger partial charge < -0.3 is 14.6 Å². The SMILES string of the molecule is COC(=O)Cc1ccc(N2C(=O)C(=O)/C(=C(\O)c3ccc4c(c3)CC(C)O4)C2c2cccc(C)c2)cc1. The molecule has 0 saturated carbocycles. The van der Waals surface area contributed by atoms with Crippen LogP contribution in [0.25, 0.3) is 5.76 Å². The van der Waals surface area contributed by atoms with Gasteiger partial charge in [0.1, 0.15) is 17.6 Å². The van der Waals surface area contributed by atoms with Gasteiger partial charge in [-0.25, -0.2) is 0 Å². The fraction of sp³-hybridized carbons (Fsp3) is 0.233. The first-order valence-corrected chi connectivity index (χ1v) is 12.1. The molecule has 0 aliphatic carbocycles. The van der Waals surface area contributed by atoms with Gasteiger partial charge in [-0.3, -0.25) is 19.3 Å². The number of aliphatic hydroxyl groups excluding tert-OH is 1. The second kappa shape index (κ2) is 9.58. The molecule has 1 fully saturated rings. The Morgan fingerprint density at radius 2 is 1.84 bits per heavy atom. The summed E-state index contributed by atoms with van der Waals surface area (Å²) >= 11 is 0. The van der Waals surface area contributed by atoms with Crippen molar-refractivity contribution in [3.05, 3.63) is 100 Å². The third kappa shape index (κ3) is 4.48. The third-order valence-electron chi connectivity index (χ3n) is 6.76. The van der Waals surface area contributed by atoms with E-state index >= 15 is 0 Å². The van der Waals surface area contributed by atoms with Crippen molar-refractivity contribution in [3.63, 3.8) is 0 Å². The third-order valence-corrected chi connectivity index (χ3v) is 6.76. The second-order valence-corrected chi connectivity index (χ2v) is 9.46. The van der Waals surface area contributed by atoms with E-state index in [-0.39, 0.29) is 29.8 Å². The number of Topliss-reactive ketones (excluding diaryl/α,β-unsaturated/α-hetero) is 1. The number of ketones is 1. The van der Waals surface area contributed by atoms with E-state index in [1.165, 1.54) is 12.0 Å². The first-order chi connectivity index (χ1) is 17.8. The minimum absolute atomic E-state index is 0.0288. The van der Waals surface area contributed by atoms with Crippen LogP contribution in [0.4, 0.5) is 5.69 Å². The highest BCUT2D eigenvalue weighted by atomic mass is 16.5. The van der Waals surface area contributed by atoms with Crippen LogP contribution in [0.5, 0.6) is 5.75 Å². The van der Waals surface area contributed by atoms with Gasteiger partial charge in [0.25, 0.3) is 11.7 Å². The molecule has 3 aromatic rings. The zero-order valence-electron chi connectivity index (χ0n) is 20.9. The molecule has 7 heteroatoms. The summed E-state index contributed by atoms with van der Waals surface area (Å²) in [6.45, 7) is 3.90. The van der Waals surface area contributed by atoms with Crippen LogP contribution in [-0.2, 0) is 32.0 Å². The summed E-state index contributed by atoms with van der Waals surface area (Å²) in [4.78, 5) is 39.9. The van der Waals surface area contributed by atoms with Gasteiger partial charge in [-0.15, -0.1) is 0 Å². The number of anilines is 1. The Bertz CT molecular complexity index is 1440. The molecular weight excluding hydrogens is 470 g/mol. The van der Waals surface area contributed by atoms with E-state index in [1.807, 2.05) is 44.2 Å². The van der Waals surface area contributed by atoms with Crippen LogP contribution in [0.2, 0.25) is 0 Å². The number of fused-ring (bicyclic) bond motifs is 1. The molecule has 2 aliphatic rings. The van der Waals surface area contributed by atoms with Crippen LogP contribution in [0.3, 0.4) is 0 Å². The molecule has 3 aromatic carbocycles. The van der Waals surface area contributed by atoms with Crippen molar-refractivity contribution in [1.29, 1.82) is 0 Å². The number of nitrogens with zero attached hydrogens (tertiary/aromatic N) is 1. The van der Waals surface area contributed by atoms with Crippen LogP contribution in [0, 0.1) is 6.92 Å². The number of rotatable bonds is 5. The number of hydrogen-bond donors (Lipinski definition) is 1. The maximum Gasteiger partial charge on any atom is 0.309 e. The zero-order chi connectivity index (χ0) is 26.3. The van der Waals surface area contributed by atoms with E-state index < -0.39 is 17.7 Å². The number of amides is 1. The van der Waals surface area contributed by atoms with Crippen molar-refractivity contribution in [2.24, 2.45) is 0 Å². The normalized spacial score (nSPS) is 20.0. The molecule has 0 aromatic heterocycles. The average Bonchev–Trinajstić information content (AvgIpc) is 3.39. The molecule has 37 heavy (non-hydrogen) atoms. The van der Waals surface area contributed by atoms with E-state index in [1.54, 1.807) is 36.4 Å². The van der Waals surface area contributed by atoms with E-state index in [0.717, 1.165) is 16.9 Å². The maximum absolute atomic E-state index is 13.4. The predicted octanol–water partition coefficient (Wildman–Crippen LogP) is 4.66. The summed E-state index contributed by atoms with van der Waals surface area (Å²) in [5.41, 5.74) is 4.30. The fourth-order valence-corrected chi connectivity index (χ4v) is 4.99. The molecule has 7 nitrogen and oxygen atoms in total. The van der Waals surface area contributed by atoms with E-state index in [4.69, 9.17) is 9.47 Å². The van der Waals surface area contributed by atoms with Gasteiger partial charge in [-0.2, -0.15) is 0 Å². The number of carbonyl (C=O) groups excluding carboxylic acids is 3. The number of benzene rings is 3. The van der Waals surface area contributed by atoms with Crippen LogP contribution < -0.4 is 9.64 Å². The van der Waals surface area contributed by atoms with Crippen LogP contribution in [0.15, 0.2) is 72.3 Å². The predicted molar refractivity (Wildman–Crippen MR) is 138 cm³/mol. The molecule has 2 atom stereocenters. The number of hydrogen-bond acceptors (Lipinski definition) is 6.